The average molecular weight is 407 g/mol. The predicted molar refractivity (Wildman–Crippen MR) is 111 cm³/mol. The van der Waals surface area contributed by atoms with Gasteiger partial charge in [-0.05, 0) is 54.3 Å². The Morgan fingerprint density at radius 3 is 2.59 bits per heavy atom. The van der Waals surface area contributed by atoms with E-state index in [2.05, 4.69) is 0 Å². The van der Waals surface area contributed by atoms with Crippen LogP contribution in [-0.4, -0.2) is 20.9 Å². The van der Waals surface area contributed by atoms with E-state index in [1.165, 1.54) is 16.4 Å². The number of carbonyl (C=O) groups is 1. The number of fused-ring (bicyclic) bond motifs is 1. The lowest BCUT2D eigenvalue weighted by Crippen LogP contribution is -2.29. The Labute approximate surface area is 170 Å². The molecule has 0 bridgehead atoms. The first-order valence-electron chi connectivity index (χ1n) is 9.39. The molecule has 0 saturated heterocycles. The number of sulfonamides is 1. The van der Waals surface area contributed by atoms with Gasteiger partial charge in [-0.2, -0.15) is 0 Å². The van der Waals surface area contributed by atoms with Crippen LogP contribution >= 0.6 is 0 Å². The standard InChI is InChI=1S/C23H21NO4S/c1-17-7-2-3-9-20(17)16-28-23(25)19-10-6-11-21(15-19)29(26,27)24-14-13-18-8-4-5-12-22(18)24/h2-12,15H,13-14,16H2,1H3. The van der Waals surface area contributed by atoms with E-state index in [0.29, 0.717) is 18.7 Å². The molecule has 148 valence electrons. The molecule has 5 nitrogen and oxygen atoms in total. The van der Waals surface area contributed by atoms with E-state index in [4.69, 9.17) is 4.74 Å². The molecule has 0 amide bonds. The number of nitrogens with zero attached hydrogens (tertiary/aromatic N) is 1. The second kappa shape index (κ2) is 7.72. The van der Waals surface area contributed by atoms with Gasteiger partial charge in [-0.25, -0.2) is 13.2 Å². The van der Waals surface area contributed by atoms with Crippen molar-refractivity contribution < 1.29 is 17.9 Å². The molecule has 3 aromatic rings. The van der Waals surface area contributed by atoms with Crippen LogP contribution in [0.25, 0.3) is 0 Å². The van der Waals surface area contributed by atoms with Crippen molar-refractivity contribution in [1.29, 1.82) is 0 Å². The van der Waals surface area contributed by atoms with E-state index >= 15 is 0 Å². The molecule has 1 aliphatic heterocycles. The zero-order chi connectivity index (χ0) is 20.4. The van der Waals surface area contributed by atoms with E-state index in [-0.39, 0.29) is 17.1 Å². The Morgan fingerprint density at radius 2 is 1.76 bits per heavy atom. The molecule has 0 spiro atoms. The summed E-state index contributed by atoms with van der Waals surface area (Å²) < 4.78 is 33.1. The molecule has 29 heavy (non-hydrogen) atoms. The van der Waals surface area contributed by atoms with Crippen molar-refractivity contribution in [2.45, 2.75) is 24.8 Å². The first kappa shape index (κ1) is 19.2. The second-order valence-electron chi connectivity index (χ2n) is 6.99. The monoisotopic (exact) mass is 407 g/mol. The maximum atomic E-state index is 13.2. The van der Waals surface area contributed by atoms with Crippen molar-refractivity contribution in [2.24, 2.45) is 0 Å². The van der Waals surface area contributed by atoms with Crippen LogP contribution in [0.3, 0.4) is 0 Å². The fourth-order valence-electron chi connectivity index (χ4n) is 3.47. The zero-order valence-electron chi connectivity index (χ0n) is 16.0. The summed E-state index contributed by atoms with van der Waals surface area (Å²) in [5.74, 6) is -0.549. The van der Waals surface area contributed by atoms with Gasteiger partial charge in [0, 0.05) is 6.54 Å². The summed E-state index contributed by atoms with van der Waals surface area (Å²) in [7, 11) is -3.76. The van der Waals surface area contributed by atoms with E-state index in [9.17, 15) is 13.2 Å². The highest BCUT2D eigenvalue weighted by Gasteiger charge is 2.31. The lowest BCUT2D eigenvalue weighted by Gasteiger charge is -2.19. The number of carbonyl (C=O) groups excluding carboxylic acids is 1. The van der Waals surface area contributed by atoms with Crippen molar-refractivity contribution >= 4 is 21.7 Å². The van der Waals surface area contributed by atoms with Gasteiger partial charge in [0.2, 0.25) is 0 Å². The van der Waals surface area contributed by atoms with Gasteiger partial charge in [0.05, 0.1) is 16.1 Å². The molecule has 0 aromatic heterocycles. The summed E-state index contributed by atoms with van der Waals surface area (Å²) in [6, 6.07) is 21.2. The number of ether oxygens (including phenoxy) is 1. The number of hydrogen-bond acceptors (Lipinski definition) is 4. The van der Waals surface area contributed by atoms with Crippen molar-refractivity contribution in [3.8, 4) is 0 Å². The molecule has 0 radical (unpaired) electrons. The second-order valence-corrected chi connectivity index (χ2v) is 8.85. The van der Waals surface area contributed by atoms with Crippen LogP contribution in [0.2, 0.25) is 0 Å². The maximum Gasteiger partial charge on any atom is 0.338 e. The number of para-hydroxylation sites is 1. The van der Waals surface area contributed by atoms with Crippen molar-refractivity contribution in [3.63, 3.8) is 0 Å². The minimum atomic E-state index is -3.76. The van der Waals surface area contributed by atoms with E-state index in [1.807, 2.05) is 49.4 Å². The van der Waals surface area contributed by atoms with Crippen LogP contribution in [0.15, 0.2) is 77.7 Å². The Kier molecular flexibility index (Phi) is 5.11. The number of anilines is 1. The van der Waals surface area contributed by atoms with Gasteiger partial charge >= 0.3 is 5.97 Å². The lowest BCUT2D eigenvalue weighted by molar-refractivity contribution is 0.0472. The lowest BCUT2D eigenvalue weighted by atomic mass is 10.1. The minimum Gasteiger partial charge on any atom is -0.457 e. The van der Waals surface area contributed by atoms with E-state index in [1.54, 1.807) is 18.2 Å². The van der Waals surface area contributed by atoms with Crippen LogP contribution < -0.4 is 4.31 Å². The third-order valence-electron chi connectivity index (χ3n) is 5.12. The van der Waals surface area contributed by atoms with Crippen molar-refractivity contribution in [2.75, 3.05) is 10.8 Å². The number of rotatable bonds is 5. The van der Waals surface area contributed by atoms with Crippen molar-refractivity contribution in [3.05, 3.63) is 95.1 Å². The number of aryl methyl sites for hydroxylation is 1. The third kappa shape index (κ3) is 3.76. The minimum absolute atomic E-state index is 0.0829. The first-order valence-corrected chi connectivity index (χ1v) is 10.8. The average Bonchev–Trinajstić information content (AvgIpc) is 3.18. The SMILES string of the molecule is Cc1ccccc1COC(=O)c1cccc(S(=O)(=O)N2CCc3ccccc32)c1. The van der Waals surface area contributed by atoms with Crippen molar-refractivity contribution in [1.82, 2.24) is 0 Å². The normalized spacial score (nSPS) is 13.2. The molecule has 1 heterocycles. The van der Waals surface area contributed by atoms with Crippen LogP contribution in [-0.2, 0) is 27.8 Å². The fourth-order valence-corrected chi connectivity index (χ4v) is 5.02. The highest BCUT2D eigenvalue weighted by molar-refractivity contribution is 7.92. The molecular formula is C23H21NO4S. The molecule has 0 aliphatic carbocycles. The van der Waals surface area contributed by atoms with Gasteiger partial charge in [0.1, 0.15) is 6.61 Å². The molecular weight excluding hydrogens is 386 g/mol. The van der Waals surface area contributed by atoms with Gasteiger partial charge in [-0.1, -0.05) is 48.5 Å². The first-order chi connectivity index (χ1) is 14.0. The van der Waals surface area contributed by atoms with Gasteiger partial charge in [-0.3, -0.25) is 4.31 Å². The van der Waals surface area contributed by atoms with Crippen LogP contribution in [0.4, 0.5) is 5.69 Å². The van der Waals surface area contributed by atoms with Crippen LogP contribution in [0.5, 0.6) is 0 Å². The molecule has 4 rings (SSSR count). The number of hydrogen-bond donors (Lipinski definition) is 0. The third-order valence-corrected chi connectivity index (χ3v) is 6.93. The molecule has 0 saturated carbocycles. The molecule has 0 unspecified atom stereocenters. The largest absolute Gasteiger partial charge is 0.457 e. The van der Waals surface area contributed by atoms with Gasteiger partial charge < -0.3 is 4.74 Å². The summed E-state index contributed by atoms with van der Waals surface area (Å²) >= 11 is 0. The van der Waals surface area contributed by atoms with Gasteiger partial charge in [0.25, 0.3) is 10.0 Å². The molecule has 6 heteroatoms. The smallest absolute Gasteiger partial charge is 0.338 e. The quantitative estimate of drug-likeness (QED) is 0.597. The van der Waals surface area contributed by atoms with Gasteiger partial charge in [0.15, 0.2) is 0 Å². The zero-order valence-corrected chi connectivity index (χ0v) is 16.9. The fraction of sp³-hybridized carbons (Fsp3) is 0.174. The Balaban J connectivity index is 1.56. The Hall–Kier alpha value is -3.12. The molecule has 0 fully saturated rings. The highest BCUT2D eigenvalue weighted by Crippen LogP contribution is 2.32. The molecule has 0 N–H and O–H groups in total. The Morgan fingerprint density at radius 1 is 1.00 bits per heavy atom. The summed E-state index contributed by atoms with van der Waals surface area (Å²) in [5.41, 5.74) is 3.86. The van der Waals surface area contributed by atoms with E-state index < -0.39 is 16.0 Å². The summed E-state index contributed by atoms with van der Waals surface area (Å²) in [4.78, 5) is 12.6. The number of benzene rings is 3. The highest BCUT2D eigenvalue weighted by atomic mass is 32.2. The summed E-state index contributed by atoms with van der Waals surface area (Å²) in [6.07, 6.45) is 0.674. The van der Waals surface area contributed by atoms with Crippen LogP contribution in [0, 0.1) is 6.92 Å². The van der Waals surface area contributed by atoms with E-state index in [0.717, 1.165) is 16.7 Å². The molecule has 3 aromatic carbocycles. The number of esters is 1. The summed E-state index contributed by atoms with van der Waals surface area (Å²) in [5, 5.41) is 0. The van der Waals surface area contributed by atoms with Gasteiger partial charge in [-0.15, -0.1) is 0 Å². The summed E-state index contributed by atoms with van der Waals surface area (Å²) in [6.45, 7) is 2.48. The molecule has 0 atom stereocenters. The Bertz CT molecular complexity index is 1170. The molecule has 1 aliphatic rings. The maximum absolute atomic E-state index is 13.2. The topological polar surface area (TPSA) is 63.7 Å². The predicted octanol–water partition coefficient (Wildman–Crippen LogP) is 4.10. The van der Waals surface area contributed by atoms with Crippen LogP contribution in [0.1, 0.15) is 27.0 Å².